The highest BCUT2D eigenvalue weighted by Gasteiger charge is 2.06. The standard InChI is InChI=1S/C9H13BrN2O/c1-13-6-7(11)5-9-8(10)3-2-4-12-9/h2-4,7H,5-6,11H2,1H3. The first kappa shape index (κ1) is 10.6. The summed E-state index contributed by atoms with van der Waals surface area (Å²) in [5.74, 6) is 0. The van der Waals surface area contributed by atoms with Crippen molar-refractivity contribution in [2.24, 2.45) is 5.73 Å². The fourth-order valence-electron chi connectivity index (χ4n) is 1.09. The zero-order valence-electron chi connectivity index (χ0n) is 7.53. The van der Waals surface area contributed by atoms with Crippen LogP contribution in [0.5, 0.6) is 0 Å². The molecule has 1 aromatic rings. The van der Waals surface area contributed by atoms with Gasteiger partial charge in [-0.3, -0.25) is 4.98 Å². The van der Waals surface area contributed by atoms with Crippen LogP contribution in [0.4, 0.5) is 0 Å². The molecular formula is C9H13BrN2O. The Labute approximate surface area is 86.4 Å². The third-order valence-electron chi connectivity index (χ3n) is 1.67. The minimum atomic E-state index is 0.0104. The van der Waals surface area contributed by atoms with Gasteiger partial charge >= 0.3 is 0 Å². The molecule has 1 aromatic heterocycles. The molecule has 0 bridgehead atoms. The summed E-state index contributed by atoms with van der Waals surface area (Å²) in [6, 6.07) is 3.85. The minimum absolute atomic E-state index is 0.0104. The Bertz CT molecular complexity index is 268. The maximum Gasteiger partial charge on any atom is 0.0617 e. The predicted molar refractivity (Wildman–Crippen MR) is 55.5 cm³/mol. The molecule has 72 valence electrons. The Balaban J connectivity index is 2.58. The number of pyridine rings is 1. The summed E-state index contributed by atoms with van der Waals surface area (Å²) >= 11 is 3.42. The molecule has 0 aliphatic carbocycles. The lowest BCUT2D eigenvalue weighted by molar-refractivity contribution is 0.179. The molecule has 0 amide bonds. The van der Waals surface area contributed by atoms with Crippen molar-refractivity contribution in [1.29, 1.82) is 0 Å². The summed E-state index contributed by atoms with van der Waals surface area (Å²) < 4.78 is 5.95. The van der Waals surface area contributed by atoms with Crippen molar-refractivity contribution in [2.75, 3.05) is 13.7 Å². The van der Waals surface area contributed by atoms with Crippen LogP contribution < -0.4 is 5.73 Å². The summed E-state index contributed by atoms with van der Waals surface area (Å²) in [7, 11) is 1.65. The van der Waals surface area contributed by atoms with Crippen molar-refractivity contribution in [3.05, 3.63) is 28.5 Å². The summed E-state index contributed by atoms with van der Waals surface area (Å²) in [5.41, 5.74) is 6.78. The highest BCUT2D eigenvalue weighted by Crippen LogP contribution is 2.14. The van der Waals surface area contributed by atoms with E-state index in [0.29, 0.717) is 6.61 Å². The summed E-state index contributed by atoms with van der Waals surface area (Å²) in [5, 5.41) is 0. The number of hydrogen-bond donors (Lipinski definition) is 1. The third kappa shape index (κ3) is 3.42. The van der Waals surface area contributed by atoms with Crippen molar-refractivity contribution in [3.63, 3.8) is 0 Å². The molecular weight excluding hydrogens is 232 g/mol. The van der Waals surface area contributed by atoms with E-state index in [9.17, 15) is 0 Å². The van der Waals surface area contributed by atoms with E-state index in [2.05, 4.69) is 20.9 Å². The topological polar surface area (TPSA) is 48.1 Å². The van der Waals surface area contributed by atoms with Gasteiger partial charge in [-0.2, -0.15) is 0 Å². The van der Waals surface area contributed by atoms with Gasteiger partial charge in [-0.1, -0.05) is 0 Å². The Morgan fingerprint density at radius 2 is 2.46 bits per heavy atom. The highest BCUT2D eigenvalue weighted by molar-refractivity contribution is 9.10. The first-order chi connectivity index (χ1) is 6.24. The van der Waals surface area contributed by atoms with Crippen LogP contribution in [0.25, 0.3) is 0 Å². The maximum absolute atomic E-state index is 5.80. The fourth-order valence-corrected chi connectivity index (χ4v) is 1.51. The van der Waals surface area contributed by atoms with E-state index in [4.69, 9.17) is 10.5 Å². The quantitative estimate of drug-likeness (QED) is 0.871. The number of methoxy groups -OCH3 is 1. The molecule has 1 rings (SSSR count). The van der Waals surface area contributed by atoms with Gasteiger partial charge in [0.15, 0.2) is 0 Å². The third-order valence-corrected chi connectivity index (χ3v) is 2.39. The number of nitrogens with two attached hydrogens (primary N) is 1. The van der Waals surface area contributed by atoms with Gasteiger partial charge in [-0.05, 0) is 28.1 Å². The van der Waals surface area contributed by atoms with Gasteiger partial charge in [0.2, 0.25) is 0 Å². The summed E-state index contributed by atoms with van der Waals surface area (Å²) in [4.78, 5) is 4.22. The molecule has 0 spiro atoms. The highest BCUT2D eigenvalue weighted by atomic mass is 79.9. The average Bonchev–Trinajstić information content (AvgIpc) is 2.09. The van der Waals surface area contributed by atoms with Gasteiger partial charge in [0.05, 0.1) is 12.3 Å². The molecule has 2 N–H and O–H groups in total. The first-order valence-corrected chi connectivity index (χ1v) is 4.87. The van der Waals surface area contributed by atoms with E-state index in [1.807, 2.05) is 12.1 Å². The van der Waals surface area contributed by atoms with E-state index in [-0.39, 0.29) is 6.04 Å². The van der Waals surface area contributed by atoms with E-state index in [1.165, 1.54) is 0 Å². The van der Waals surface area contributed by atoms with E-state index in [1.54, 1.807) is 13.3 Å². The van der Waals surface area contributed by atoms with Crippen molar-refractivity contribution < 1.29 is 4.74 Å². The number of aromatic nitrogens is 1. The van der Waals surface area contributed by atoms with Gasteiger partial charge in [-0.15, -0.1) is 0 Å². The Morgan fingerprint density at radius 1 is 1.69 bits per heavy atom. The lowest BCUT2D eigenvalue weighted by atomic mass is 10.1. The molecule has 3 nitrogen and oxygen atoms in total. The predicted octanol–water partition coefficient (Wildman–Crippen LogP) is 1.36. The molecule has 0 saturated carbocycles. The molecule has 0 fully saturated rings. The van der Waals surface area contributed by atoms with Gasteiger partial charge in [0, 0.05) is 30.2 Å². The fraction of sp³-hybridized carbons (Fsp3) is 0.444. The maximum atomic E-state index is 5.80. The van der Waals surface area contributed by atoms with Gasteiger partial charge < -0.3 is 10.5 Å². The lowest BCUT2D eigenvalue weighted by Gasteiger charge is -2.10. The monoisotopic (exact) mass is 244 g/mol. The second-order valence-corrected chi connectivity index (χ2v) is 3.71. The van der Waals surface area contributed by atoms with Crippen molar-refractivity contribution in [1.82, 2.24) is 4.98 Å². The number of hydrogen-bond acceptors (Lipinski definition) is 3. The largest absolute Gasteiger partial charge is 0.383 e. The zero-order chi connectivity index (χ0) is 9.68. The van der Waals surface area contributed by atoms with E-state index >= 15 is 0 Å². The summed E-state index contributed by atoms with van der Waals surface area (Å²) in [6.07, 6.45) is 2.49. The zero-order valence-corrected chi connectivity index (χ0v) is 9.12. The Kier molecular flexibility index (Phi) is 4.35. The van der Waals surface area contributed by atoms with E-state index < -0.39 is 0 Å². The smallest absolute Gasteiger partial charge is 0.0617 e. The van der Waals surface area contributed by atoms with Crippen LogP contribution in [0.1, 0.15) is 5.69 Å². The molecule has 1 heterocycles. The number of nitrogens with zero attached hydrogens (tertiary/aromatic N) is 1. The Hall–Kier alpha value is -0.450. The lowest BCUT2D eigenvalue weighted by Crippen LogP contribution is -2.28. The molecule has 0 aromatic carbocycles. The normalized spacial score (nSPS) is 12.8. The van der Waals surface area contributed by atoms with Crippen LogP contribution in [0.15, 0.2) is 22.8 Å². The summed E-state index contributed by atoms with van der Waals surface area (Å²) in [6.45, 7) is 0.559. The molecule has 0 saturated heterocycles. The van der Waals surface area contributed by atoms with Crippen molar-refractivity contribution in [2.45, 2.75) is 12.5 Å². The van der Waals surface area contributed by atoms with Gasteiger partial charge in [0.1, 0.15) is 0 Å². The number of rotatable bonds is 4. The van der Waals surface area contributed by atoms with Crippen molar-refractivity contribution >= 4 is 15.9 Å². The number of ether oxygens (including phenoxy) is 1. The SMILES string of the molecule is COCC(N)Cc1ncccc1Br. The van der Waals surface area contributed by atoms with Crippen LogP contribution in [-0.4, -0.2) is 24.7 Å². The molecule has 1 unspecified atom stereocenters. The van der Waals surface area contributed by atoms with Crippen LogP contribution in [0.2, 0.25) is 0 Å². The average molecular weight is 245 g/mol. The molecule has 13 heavy (non-hydrogen) atoms. The second kappa shape index (κ2) is 5.32. The first-order valence-electron chi connectivity index (χ1n) is 4.08. The van der Waals surface area contributed by atoms with Gasteiger partial charge in [0.25, 0.3) is 0 Å². The van der Waals surface area contributed by atoms with Gasteiger partial charge in [-0.25, -0.2) is 0 Å². The molecule has 0 radical (unpaired) electrons. The molecule has 0 aliphatic rings. The molecule has 0 aliphatic heterocycles. The second-order valence-electron chi connectivity index (χ2n) is 2.85. The minimum Gasteiger partial charge on any atom is -0.383 e. The Morgan fingerprint density at radius 3 is 3.08 bits per heavy atom. The van der Waals surface area contributed by atoms with Crippen LogP contribution in [-0.2, 0) is 11.2 Å². The number of halogens is 1. The van der Waals surface area contributed by atoms with Crippen LogP contribution in [0.3, 0.4) is 0 Å². The van der Waals surface area contributed by atoms with E-state index in [0.717, 1.165) is 16.6 Å². The van der Waals surface area contributed by atoms with Crippen LogP contribution in [0, 0.1) is 0 Å². The molecule has 1 atom stereocenters. The molecule has 4 heteroatoms. The van der Waals surface area contributed by atoms with Crippen LogP contribution >= 0.6 is 15.9 Å². The van der Waals surface area contributed by atoms with Crippen molar-refractivity contribution in [3.8, 4) is 0 Å².